The molecule has 0 radical (unpaired) electrons. The van der Waals surface area contributed by atoms with Crippen molar-refractivity contribution in [3.63, 3.8) is 0 Å². The van der Waals surface area contributed by atoms with Crippen molar-refractivity contribution in [3.8, 4) is 11.5 Å². The molecule has 1 aromatic carbocycles. The summed E-state index contributed by atoms with van der Waals surface area (Å²) in [6, 6.07) is 3.57. The van der Waals surface area contributed by atoms with Crippen molar-refractivity contribution in [3.05, 3.63) is 26.2 Å². The lowest BCUT2D eigenvalue weighted by molar-refractivity contribution is -0.139. The number of carbonyl (C=O) groups is 2. The van der Waals surface area contributed by atoms with E-state index in [1.807, 2.05) is 26.8 Å². The first-order chi connectivity index (χ1) is 12.9. The highest BCUT2D eigenvalue weighted by molar-refractivity contribution is 14.1. The lowest BCUT2D eigenvalue weighted by atomic mass is 10.2. The van der Waals surface area contributed by atoms with Gasteiger partial charge in [0, 0.05) is 13.1 Å². The minimum atomic E-state index is -1.06. The average Bonchev–Trinajstić information content (AvgIpc) is 2.89. The molecule has 1 fully saturated rings. The number of benzene rings is 1. The molecule has 0 atom stereocenters. The molecule has 2 rings (SSSR count). The summed E-state index contributed by atoms with van der Waals surface area (Å²) in [5.41, 5.74) is 0.773. The number of ether oxygens (including phenoxy) is 2. The summed E-state index contributed by atoms with van der Waals surface area (Å²) in [5.74, 6) is -0.303. The van der Waals surface area contributed by atoms with Crippen LogP contribution >= 0.6 is 34.4 Å². The van der Waals surface area contributed by atoms with Gasteiger partial charge in [-0.15, -0.1) is 0 Å². The number of hydrogen-bond donors (Lipinski definition) is 1. The van der Waals surface area contributed by atoms with Crippen molar-refractivity contribution >= 4 is 57.5 Å². The molecule has 1 amide bonds. The smallest absolute Gasteiger partial charge is 0.341 e. The number of carbonyl (C=O) groups excluding carboxylic acids is 1. The molecule has 1 heterocycles. The van der Waals surface area contributed by atoms with Crippen molar-refractivity contribution in [1.82, 2.24) is 4.90 Å². The molecule has 0 saturated carbocycles. The summed E-state index contributed by atoms with van der Waals surface area (Å²) in [6.07, 6.45) is 1.79. The van der Waals surface area contributed by atoms with Crippen LogP contribution in [0.15, 0.2) is 22.0 Å². The molecular formula is C18H21IN2O5S. The van der Waals surface area contributed by atoms with Gasteiger partial charge in [0.15, 0.2) is 23.3 Å². The van der Waals surface area contributed by atoms with E-state index in [4.69, 9.17) is 14.6 Å². The summed E-state index contributed by atoms with van der Waals surface area (Å²) in [5, 5.41) is 9.55. The second kappa shape index (κ2) is 9.98. The van der Waals surface area contributed by atoms with Gasteiger partial charge in [-0.2, -0.15) is 0 Å². The Morgan fingerprint density at radius 2 is 2.07 bits per heavy atom. The van der Waals surface area contributed by atoms with Crippen LogP contribution in [0.5, 0.6) is 11.5 Å². The van der Waals surface area contributed by atoms with Gasteiger partial charge in [0.1, 0.15) is 0 Å². The second-order valence-electron chi connectivity index (χ2n) is 5.36. The lowest BCUT2D eigenvalue weighted by Crippen LogP contribution is -2.28. The fourth-order valence-electron chi connectivity index (χ4n) is 2.40. The molecule has 0 spiro atoms. The number of amides is 1. The zero-order valence-corrected chi connectivity index (χ0v) is 18.3. The van der Waals surface area contributed by atoms with Crippen molar-refractivity contribution in [2.24, 2.45) is 4.99 Å². The Hall–Kier alpha value is -1.75. The van der Waals surface area contributed by atoms with Crippen molar-refractivity contribution in [1.29, 1.82) is 0 Å². The fourth-order valence-corrected chi connectivity index (χ4v) is 4.29. The number of thioether (sulfide) groups is 1. The summed E-state index contributed by atoms with van der Waals surface area (Å²) in [7, 11) is 0. The molecule has 1 aliphatic heterocycles. The van der Waals surface area contributed by atoms with Crippen molar-refractivity contribution in [2.45, 2.75) is 20.8 Å². The SMILES string of the molecule is CCN=C1S/C(=C/c2cc(I)c(OCC(=O)O)c(OCC)c2)C(=O)N1CC. The van der Waals surface area contributed by atoms with Crippen molar-refractivity contribution in [2.75, 3.05) is 26.3 Å². The van der Waals surface area contributed by atoms with Crippen LogP contribution in [-0.2, 0) is 9.59 Å². The Balaban J connectivity index is 2.38. The monoisotopic (exact) mass is 504 g/mol. The molecular weight excluding hydrogens is 483 g/mol. The van der Waals surface area contributed by atoms with E-state index in [-0.39, 0.29) is 5.91 Å². The molecule has 1 saturated heterocycles. The number of hydrogen-bond acceptors (Lipinski definition) is 6. The predicted molar refractivity (Wildman–Crippen MR) is 114 cm³/mol. The van der Waals surface area contributed by atoms with Gasteiger partial charge in [0.2, 0.25) is 0 Å². The standard InChI is InChI=1S/C18H21IN2O5S/c1-4-20-18-21(5-2)17(24)14(27-18)9-11-7-12(19)16(26-10-15(22)23)13(8-11)25-6-3/h7-9H,4-6,10H2,1-3H3,(H,22,23)/b14-9+,20-18?. The van der Waals surface area contributed by atoms with Gasteiger partial charge in [0.25, 0.3) is 5.91 Å². The van der Waals surface area contributed by atoms with E-state index in [1.165, 1.54) is 11.8 Å². The normalized spacial score (nSPS) is 17.0. The molecule has 1 aromatic rings. The van der Waals surface area contributed by atoms with Gasteiger partial charge in [0.05, 0.1) is 15.1 Å². The maximum absolute atomic E-state index is 12.6. The molecule has 1 N–H and O–H groups in total. The molecule has 1 aliphatic rings. The van der Waals surface area contributed by atoms with Gasteiger partial charge >= 0.3 is 5.97 Å². The number of nitrogens with zero attached hydrogens (tertiary/aromatic N) is 2. The number of aliphatic imine (C=N–C) groups is 1. The van der Waals surface area contributed by atoms with Gasteiger partial charge in [-0.1, -0.05) is 0 Å². The maximum Gasteiger partial charge on any atom is 0.341 e. The Morgan fingerprint density at radius 3 is 2.67 bits per heavy atom. The minimum Gasteiger partial charge on any atom is -0.490 e. The maximum atomic E-state index is 12.6. The Bertz CT molecular complexity index is 794. The molecule has 0 aliphatic carbocycles. The van der Waals surface area contributed by atoms with E-state index in [0.717, 1.165) is 5.56 Å². The van der Waals surface area contributed by atoms with Crippen LogP contribution in [0.1, 0.15) is 26.3 Å². The van der Waals surface area contributed by atoms with Gasteiger partial charge in [-0.3, -0.25) is 14.7 Å². The lowest BCUT2D eigenvalue weighted by Gasteiger charge is -2.14. The summed E-state index contributed by atoms with van der Waals surface area (Å²) < 4.78 is 11.7. The number of aliphatic carboxylic acids is 1. The largest absolute Gasteiger partial charge is 0.490 e. The van der Waals surface area contributed by atoms with Gasteiger partial charge < -0.3 is 14.6 Å². The van der Waals surface area contributed by atoms with E-state index < -0.39 is 12.6 Å². The third kappa shape index (κ3) is 5.38. The van der Waals surface area contributed by atoms with Crippen LogP contribution in [-0.4, -0.2) is 53.4 Å². The third-order valence-corrected chi connectivity index (χ3v) is 5.31. The second-order valence-corrected chi connectivity index (χ2v) is 7.53. The van der Waals surface area contributed by atoms with E-state index in [9.17, 15) is 9.59 Å². The summed E-state index contributed by atoms with van der Waals surface area (Å²) in [6.45, 7) is 6.81. The topological polar surface area (TPSA) is 88.4 Å². The van der Waals surface area contributed by atoms with E-state index in [2.05, 4.69) is 27.6 Å². The third-order valence-electron chi connectivity index (χ3n) is 3.47. The fraction of sp³-hybridized carbons (Fsp3) is 0.389. The first-order valence-electron chi connectivity index (χ1n) is 8.47. The average molecular weight is 504 g/mol. The highest BCUT2D eigenvalue weighted by Gasteiger charge is 2.31. The van der Waals surface area contributed by atoms with E-state index in [1.54, 1.807) is 17.0 Å². The highest BCUT2D eigenvalue weighted by Crippen LogP contribution is 2.37. The molecule has 7 nitrogen and oxygen atoms in total. The van der Waals surface area contributed by atoms with Crippen LogP contribution in [0.2, 0.25) is 0 Å². The van der Waals surface area contributed by atoms with Gasteiger partial charge in [-0.25, -0.2) is 4.79 Å². The first-order valence-corrected chi connectivity index (χ1v) is 10.4. The number of likely N-dealkylation sites (N-methyl/N-ethyl adjacent to an activating group) is 1. The Kier molecular flexibility index (Phi) is 7.96. The zero-order chi connectivity index (χ0) is 20.0. The van der Waals surface area contributed by atoms with Crippen LogP contribution in [0, 0.1) is 3.57 Å². The zero-order valence-electron chi connectivity index (χ0n) is 15.3. The molecule has 0 bridgehead atoms. The van der Waals surface area contributed by atoms with Crippen LogP contribution in [0.4, 0.5) is 0 Å². The minimum absolute atomic E-state index is 0.0751. The molecule has 27 heavy (non-hydrogen) atoms. The van der Waals surface area contributed by atoms with E-state index in [0.29, 0.717) is 44.8 Å². The quantitative estimate of drug-likeness (QED) is 0.431. The number of amidine groups is 1. The van der Waals surface area contributed by atoms with Crippen LogP contribution < -0.4 is 9.47 Å². The Labute approximate surface area is 175 Å². The number of rotatable bonds is 8. The van der Waals surface area contributed by atoms with Crippen LogP contribution in [0.3, 0.4) is 0 Å². The number of halogens is 1. The number of carboxylic acids is 1. The molecule has 146 valence electrons. The molecule has 9 heteroatoms. The molecule has 0 aromatic heterocycles. The van der Waals surface area contributed by atoms with Gasteiger partial charge in [-0.05, 0) is 78.9 Å². The Morgan fingerprint density at radius 1 is 1.33 bits per heavy atom. The summed E-state index contributed by atoms with van der Waals surface area (Å²) in [4.78, 5) is 30.0. The van der Waals surface area contributed by atoms with Crippen molar-refractivity contribution < 1.29 is 24.2 Å². The highest BCUT2D eigenvalue weighted by atomic mass is 127. The predicted octanol–water partition coefficient (Wildman–Crippen LogP) is 3.47. The van der Waals surface area contributed by atoms with E-state index >= 15 is 0 Å². The number of carboxylic acid groups (broad SMARTS) is 1. The summed E-state index contributed by atoms with van der Waals surface area (Å²) >= 11 is 3.42. The molecule has 0 unspecified atom stereocenters. The first kappa shape index (κ1) is 21.5. The van der Waals surface area contributed by atoms with Crippen LogP contribution in [0.25, 0.3) is 6.08 Å².